The van der Waals surface area contributed by atoms with Gasteiger partial charge in [0.15, 0.2) is 5.69 Å². The van der Waals surface area contributed by atoms with Gasteiger partial charge in [-0.25, -0.2) is 0 Å². The summed E-state index contributed by atoms with van der Waals surface area (Å²) in [6.07, 6.45) is 7.88. The van der Waals surface area contributed by atoms with E-state index in [0.29, 0.717) is 58.4 Å². The van der Waals surface area contributed by atoms with Crippen LogP contribution in [-0.2, 0) is 22.7 Å². The summed E-state index contributed by atoms with van der Waals surface area (Å²) in [6.45, 7) is 2.32. The maximum absolute atomic E-state index is 13.3. The molecule has 1 unspecified atom stereocenters. The lowest BCUT2D eigenvalue weighted by atomic mass is 9.80. The quantitative estimate of drug-likeness (QED) is 0.302. The van der Waals surface area contributed by atoms with Crippen molar-refractivity contribution in [2.24, 2.45) is 5.92 Å². The number of fused-ring (bicyclic) bond motifs is 2. The standard InChI is InChI=1S/C41H43ClN8O5/c1-48(30-9-6-25(19-43)33(42)18-30)29-10-7-28(8-11-29)44-38(52)35-13-12-34(46-47-35)24-4-2-23(3-5-24)20-49-21-26-16-31-32(17-27(26)22-49)41(55)50(40(31)54)36-14-15-37(51)45-39(36)53/h6,9,12-13,16-18,23-24,28-29,36H,2-5,7-8,10-11,14-15,20-22H2,1H3,(H,44,52)(H,45,51,53)/t23-,24-,28-,29-,36?. The molecule has 5 amide bonds. The molecule has 0 spiro atoms. The molecule has 0 bridgehead atoms. The highest BCUT2D eigenvalue weighted by Crippen LogP contribution is 2.38. The number of nitriles is 1. The molecular formula is C41H43ClN8O5. The first-order valence-corrected chi connectivity index (χ1v) is 19.6. The van der Waals surface area contributed by atoms with Gasteiger partial charge in [0.05, 0.1) is 27.4 Å². The number of rotatable bonds is 8. The summed E-state index contributed by atoms with van der Waals surface area (Å²) in [6, 6.07) is 14.4. The van der Waals surface area contributed by atoms with Crippen molar-refractivity contribution in [3.63, 3.8) is 0 Å². The van der Waals surface area contributed by atoms with Crippen LogP contribution in [0.15, 0.2) is 42.5 Å². The third kappa shape index (κ3) is 7.33. The molecule has 14 heteroatoms. The molecule has 2 N–H and O–H groups in total. The van der Waals surface area contributed by atoms with Crippen molar-refractivity contribution in [1.82, 2.24) is 30.6 Å². The Hall–Kier alpha value is -5.19. The Kier molecular flexibility index (Phi) is 10.1. The van der Waals surface area contributed by atoms with E-state index >= 15 is 0 Å². The van der Waals surface area contributed by atoms with Gasteiger partial charge >= 0.3 is 0 Å². The Labute approximate surface area is 324 Å². The van der Waals surface area contributed by atoms with E-state index in [9.17, 15) is 29.2 Å². The third-order valence-corrected chi connectivity index (χ3v) is 12.6. The monoisotopic (exact) mass is 762 g/mol. The van der Waals surface area contributed by atoms with Gasteiger partial charge in [0.2, 0.25) is 11.8 Å². The van der Waals surface area contributed by atoms with Crippen LogP contribution in [0.2, 0.25) is 5.02 Å². The molecule has 284 valence electrons. The summed E-state index contributed by atoms with van der Waals surface area (Å²) in [7, 11) is 2.04. The number of aromatic nitrogens is 2. The van der Waals surface area contributed by atoms with E-state index in [1.165, 1.54) is 0 Å². The van der Waals surface area contributed by atoms with E-state index in [1.54, 1.807) is 12.1 Å². The average molecular weight is 763 g/mol. The Morgan fingerprint density at radius 3 is 2.20 bits per heavy atom. The Balaban J connectivity index is 0.784. The van der Waals surface area contributed by atoms with Crippen molar-refractivity contribution >= 4 is 46.8 Å². The molecule has 1 aromatic heterocycles. The molecule has 0 radical (unpaired) electrons. The number of hydrogen-bond acceptors (Lipinski definition) is 10. The van der Waals surface area contributed by atoms with Crippen molar-refractivity contribution in [3.8, 4) is 6.07 Å². The van der Waals surface area contributed by atoms with Crippen molar-refractivity contribution < 1.29 is 24.0 Å². The first-order chi connectivity index (χ1) is 26.6. The molecule has 5 aliphatic rings. The summed E-state index contributed by atoms with van der Waals surface area (Å²) in [5.41, 5.74) is 5.42. The van der Waals surface area contributed by atoms with Crippen molar-refractivity contribution in [3.05, 3.63) is 86.7 Å². The molecule has 4 heterocycles. The molecule has 55 heavy (non-hydrogen) atoms. The highest BCUT2D eigenvalue weighted by molar-refractivity contribution is 6.32. The number of nitrogens with one attached hydrogen (secondary N) is 2. The number of halogens is 1. The van der Waals surface area contributed by atoms with E-state index in [0.717, 1.165) is 85.3 Å². The van der Waals surface area contributed by atoms with Crippen LogP contribution in [0.3, 0.4) is 0 Å². The average Bonchev–Trinajstić information content (AvgIpc) is 3.69. The molecule has 3 fully saturated rings. The SMILES string of the molecule is CN(c1ccc(C#N)c(Cl)c1)[C@H]1CC[C@H](NC(=O)c2ccc([C@H]3CC[C@H](CN4Cc5cc6c(cc5C4)C(=O)N(C4CCC(=O)NC4=O)C6=O)CC3)nn2)CC1. The Morgan fingerprint density at radius 2 is 1.60 bits per heavy atom. The lowest BCUT2D eigenvalue weighted by Gasteiger charge is -2.36. The van der Waals surface area contributed by atoms with Gasteiger partial charge in [0, 0.05) is 56.8 Å². The second kappa shape index (κ2) is 15.2. The van der Waals surface area contributed by atoms with Crippen LogP contribution >= 0.6 is 11.6 Å². The van der Waals surface area contributed by atoms with Gasteiger partial charge in [0.1, 0.15) is 12.1 Å². The first-order valence-electron chi connectivity index (χ1n) is 19.2. The summed E-state index contributed by atoms with van der Waals surface area (Å²) in [4.78, 5) is 69.3. The fraction of sp³-hybridized carbons (Fsp3) is 0.463. The van der Waals surface area contributed by atoms with Crippen molar-refractivity contribution in [2.75, 3.05) is 18.5 Å². The lowest BCUT2D eigenvalue weighted by molar-refractivity contribution is -0.136. The van der Waals surface area contributed by atoms with Gasteiger partial charge in [-0.2, -0.15) is 10.4 Å². The van der Waals surface area contributed by atoms with Gasteiger partial charge < -0.3 is 10.2 Å². The highest BCUT2D eigenvalue weighted by atomic mass is 35.5. The van der Waals surface area contributed by atoms with Crippen LogP contribution in [0.25, 0.3) is 0 Å². The highest BCUT2D eigenvalue weighted by Gasteiger charge is 2.45. The fourth-order valence-corrected chi connectivity index (χ4v) is 9.36. The molecule has 2 saturated carbocycles. The molecule has 3 aromatic rings. The number of carbonyl (C=O) groups is 5. The number of imide groups is 2. The van der Waals surface area contributed by atoms with Crippen LogP contribution in [0.4, 0.5) is 5.69 Å². The van der Waals surface area contributed by atoms with Gasteiger partial charge in [-0.1, -0.05) is 11.6 Å². The van der Waals surface area contributed by atoms with Crippen LogP contribution in [0.1, 0.15) is 124 Å². The molecule has 1 atom stereocenters. The summed E-state index contributed by atoms with van der Waals surface area (Å²) in [5, 5.41) is 23.8. The van der Waals surface area contributed by atoms with Crippen LogP contribution in [0, 0.1) is 17.2 Å². The van der Waals surface area contributed by atoms with E-state index in [2.05, 4.69) is 36.7 Å². The van der Waals surface area contributed by atoms with E-state index in [-0.39, 0.29) is 24.8 Å². The number of anilines is 1. The topological polar surface area (TPSA) is 169 Å². The smallest absolute Gasteiger partial charge is 0.272 e. The maximum Gasteiger partial charge on any atom is 0.272 e. The second-order valence-electron chi connectivity index (χ2n) is 15.7. The Bertz CT molecular complexity index is 2060. The van der Waals surface area contributed by atoms with Gasteiger partial charge in [-0.05, 0) is 117 Å². The number of hydrogen-bond donors (Lipinski definition) is 2. The van der Waals surface area contributed by atoms with Crippen LogP contribution < -0.4 is 15.5 Å². The van der Waals surface area contributed by atoms with E-state index < -0.39 is 29.7 Å². The van der Waals surface area contributed by atoms with Crippen molar-refractivity contribution in [2.45, 2.75) is 101 Å². The second-order valence-corrected chi connectivity index (χ2v) is 16.1. The van der Waals surface area contributed by atoms with Gasteiger partial charge in [-0.3, -0.25) is 39.1 Å². The Morgan fingerprint density at radius 1 is 0.909 bits per heavy atom. The zero-order chi connectivity index (χ0) is 38.4. The van der Waals surface area contributed by atoms with Crippen LogP contribution in [-0.4, -0.2) is 81.3 Å². The number of carbonyl (C=O) groups excluding carboxylic acids is 5. The summed E-state index contributed by atoms with van der Waals surface area (Å²) >= 11 is 6.26. The number of piperidine rings is 1. The molecule has 2 aromatic carbocycles. The molecule has 13 nitrogen and oxygen atoms in total. The minimum atomic E-state index is -0.964. The first kappa shape index (κ1) is 36.8. The zero-order valence-corrected chi connectivity index (χ0v) is 31.5. The van der Waals surface area contributed by atoms with Crippen LogP contribution in [0.5, 0.6) is 0 Å². The zero-order valence-electron chi connectivity index (χ0n) is 30.7. The molecular weight excluding hydrogens is 720 g/mol. The summed E-state index contributed by atoms with van der Waals surface area (Å²) in [5.74, 6) is -1.33. The summed E-state index contributed by atoms with van der Waals surface area (Å²) < 4.78 is 0. The normalized spacial score (nSPS) is 25.3. The maximum atomic E-state index is 13.3. The molecule has 8 rings (SSSR count). The minimum Gasteiger partial charge on any atom is -0.372 e. The van der Waals surface area contributed by atoms with Crippen molar-refractivity contribution in [1.29, 1.82) is 5.26 Å². The van der Waals surface area contributed by atoms with Gasteiger partial charge in [0.25, 0.3) is 17.7 Å². The van der Waals surface area contributed by atoms with Gasteiger partial charge in [-0.15, -0.1) is 5.10 Å². The lowest BCUT2D eigenvalue weighted by Crippen LogP contribution is -2.54. The number of nitrogens with zero attached hydrogens (tertiary/aromatic N) is 6. The third-order valence-electron chi connectivity index (χ3n) is 12.3. The number of amides is 5. The molecule has 1 saturated heterocycles. The predicted molar refractivity (Wildman–Crippen MR) is 202 cm³/mol. The largest absolute Gasteiger partial charge is 0.372 e. The number of benzene rings is 2. The minimum absolute atomic E-state index is 0.0723. The predicted octanol–water partition coefficient (Wildman–Crippen LogP) is 4.87. The fourth-order valence-electron chi connectivity index (χ4n) is 9.15. The molecule has 3 aliphatic heterocycles. The van der Waals surface area contributed by atoms with E-state index in [1.807, 2.05) is 37.4 Å². The molecule has 2 aliphatic carbocycles. The van der Waals surface area contributed by atoms with E-state index in [4.69, 9.17) is 11.6 Å².